The molecule has 0 radical (unpaired) electrons. The molecule has 0 unspecified atom stereocenters. The molecule has 0 bridgehead atoms. The number of hydrogen-bond acceptors (Lipinski definition) is 4. The van der Waals surface area contributed by atoms with Crippen molar-refractivity contribution in [2.45, 2.75) is 6.92 Å². The van der Waals surface area contributed by atoms with Crippen LogP contribution in [0.1, 0.15) is 21.5 Å². The molecule has 1 rings (SSSR count). The first-order valence-corrected chi connectivity index (χ1v) is 3.82. The summed E-state index contributed by atoms with van der Waals surface area (Å²) in [5, 5.41) is 8.66. The number of methoxy groups -OCH3 is 1. The van der Waals surface area contributed by atoms with Crippen LogP contribution in [0, 0.1) is 18.3 Å². The fraction of sp³-hybridized carbons (Fsp3) is 0.222. The minimum Gasteiger partial charge on any atom is -0.465 e. The van der Waals surface area contributed by atoms with Crippen molar-refractivity contribution in [3.63, 3.8) is 0 Å². The van der Waals surface area contributed by atoms with Crippen molar-refractivity contribution in [2.24, 2.45) is 0 Å². The van der Waals surface area contributed by atoms with Crippen LogP contribution in [0.25, 0.3) is 0 Å². The molecule has 5 nitrogen and oxygen atoms in total. The smallest absolute Gasteiger partial charge is 0.339 e. The number of nitrogens with zero attached hydrogens (tertiary/aromatic N) is 1. The first-order valence-electron chi connectivity index (χ1n) is 3.82. The monoisotopic (exact) mass is 192 g/mol. The van der Waals surface area contributed by atoms with Gasteiger partial charge in [0.05, 0.1) is 12.7 Å². The second-order valence-electron chi connectivity index (χ2n) is 2.63. The summed E-state index contributed by atoms with van der Waals surface area (Å²) in [5.41, 5.74) is -0.0303. The van der Waals surface area contributed by atoms with E-state index in [2.05, 4.69) is 9.72 Å². The highest BCUT2D eigenvalue weighted by atomic mass is 16.5. The van der Waals surface area contributed by atoms with E-state index in [9.17, 15) is 9.59 Å². The SMILES string of the molecule is COC(=O)c1c[nH]c(=O)c(C#N)c1C. The summed E-state index contributed by atoms with van der Waals surface area (Å²) < 4.78 is 4.49. The molecule has 1 heterocycles. The first-order chi connectivity index (χ1) is 6.61. The Kier molecular flexibility index (Phi) is 2.67. The van der Waals surface area contributed by atoms with Crippen LogP contribution in [-0.2, 0) is 4.74 Å². The summed E-state index contributed by atoms with van der Waals surface area (Å²) >= 11 is 0. The highest BCUT2D eigenvalue weighted by Crippen LogP contribution is 2.08. The van der Waals surface area contributed by atoms with Crippen molar-refractivity contribution in [1.29, 1.82) is 5.26 Å². The number of carbonyl (C=O) groups is 1. The molecule has 0 spiro atoms. The van der Waals surface area contributed by atoms with Crippen LogP contribution in [0.3, 0.4) is 0 Å². The number of ether oxygens (including phenoxy) is 1. The Balaban J connectivity index is 3.45. The Morgan fingerprint density at radius 2 is 2.29 bits per heavy atom. The highest BCUT2D eigenvalue weighted by Gasteiger charge is 2.14. The Bertz CT molecular complexity index is 468. The molecular weight excluding hydrogens is 184 g/mol. The lowest BCUT2D eigenvalue weighted by atomic mass is 10.1. The third-order valence-corrected chi connectivity index (χ3v) is 1.87. The highest BCUT2D eigenvalue weighted by molar-refractivity contribution is 5.91. The van der Waals surface area contributed by atoms with Crippen molar-refractivity contribution in [1.82, 2.24) is 4.98 Å². The zero-order chi connectivity index (χ0) is 10.7. The Labute approximate surface area is 79.9 Å². The van der Waals surface area contributed by atoms with E-state index in [1.807, 2.05) is 0 Å². The number of nitriles is 1. The number of rotatable bonds is 1. The quantitative estimate of drug-likeness (QED) is 0.650. The molecule has 14 heavy (non-hydrogen) atoms. The molecule has 0 aliphatic carbocycles. The van der Waals surface area contributed by atoms with Gasteiger partial charge in [-0.1, -0.05) is 0 Å². The standard InChI is InChI=1S/C9H8N2O3/c1-5-6(3-10)8(12)11-4-7(5)9(13)14-2/h4H,1-2H3,(H,11,12). The summed E-state index contributed by atoms with van der Waals surface area (Å²) in [5.74, 6) is -0.574. The van der Waals surface area contributed by atoms with E-state index >= 15 is 0 Å². The lowest BCUT2D eigenvalue weighted by Crippen LogP contribution is -2.16. The first kappa shape index (κ1) is 9.99. The predicted octanol–water partition coefficient (Wildman–Crippen LogP) is 0.342. The van der Waals surface area contributed by atoms with Gasteiger partial charge in [0.2, 0.25) is 0 Å². The van der Waals surface area contributed by atoms with Crippen molar-refractivity contribution in [3.05, 3.63) is 33.2 Å². The summed E-state index contributed by atoms with van der Waals surface area (Å²) in [6.07, 6.45) is 1.24. The number of H-pyrrole nitrogens is 1. The van der Waals surface area contributed by atoms with Crippen LogP contribution in [0.15, 0.2) is 11.0 Å². The Hall–Kier alpha value is -2.09. The maximum absolute atomic E-state index is 11.2. The minimum absolute atomic E-state index is 0.0621. The van der Waals surface area contributed by atoms with Gasteiger partial charge in [-0.3, -0.25) is 4.79 Å². The number of aromatic nitrogens is 1. The molecule has 5 heteroatoms. The minimum atomic E-state index is -0.574. The van der Waals surface area contributed by atoms with E-state index in [-0.39, 0.29) is 11.1 Å². The lowest BCUT2D eigenvalue weighted by Gasteiger charge is -2.03. The van der Waals surface area contributed by atoms with Gasteiger partial charge in [0.15, 0.2) is 0 Å². The fourth-order valence-corrected chi connectivity index (χ4v) is 1.08. The maximum Gasteiger partial charge on any atom is 0.339 e. The van der Waals surface area contributed by atoms with E-state index in [1.54, 1.807) is 6.07 Å². The number of pyridine rings is 1. The van der Waals surface area contributed by atoms with Crippen LogP contribution in [-0.4, -0.2) is 18.1 Å². The van der Waals surface area contributed by atoms with Crippen LogP contribution < -0.4 is 5.56 Å². The molecule has 1 N–H and O–H groups in total. The lowest BCUT2D eigenvalue weighted by molar-refractivity contribution is 0.0599. The van der Waals surface area contributed by atoms with Crippen LogP contribution in [0.4, 0.5) is 0 Å². The number of nitrogens with one attached hydrogen (secondary N) is 1. The normalized spacial score (nSPS) is 9.21. The van der Waals surface area contributed by atoms with E-state index in [0.29, 0.717) is 5.56 Å². The molecule has 0 amide bonds. The average Bonchev–Trinajstić information content (AvgIpc) is 2.18. The van der Waals surface area contributed by atoms with Gasteiger partial charge in [0.1, 0.15) is 11.6 Å². The zero-order valence-electron chi connectivity index (χ0n) is 7.75. The molecule has 0 aliphatic rings. The van der Waals surface area contributed by atoms with Gasteiger partial charge < -0.3 is 9.72 Å². The number of hydrogen-bond donors (Lipinski definition) is 1. The molecule has 0 aliphatic heterocycles. The summed E-state index contributed by atoms with van der Waals surface area (Å²) in [4.78, 5) is 24.6. The topological polar surface area (TPSA) is 83.0 Å². The summed E-state index contributed by atoms with van der Waals surface area (Å²) in [6.45, 7) is 1.53. The van der Waals surface area contributed by atoms with Crippen molar-refractivity contribution >= 4 is 5.97 Å². The molecule has 0 aromatic carbocycles. The van der Waals surface area contributed by atoms with Gasteiger partial charge in [-0.05, 0) is 12.5 Å². The zero-order valence-corrected chi connectivity index (χ0v) is 7.75. The second kappa shape index (κ2) is 3.75. The van der Waals surface area contributed by atoms with E-state index in [0.717, 1.165) is 0 Å². The van der Waals surface area contributed by atoms with Gasteiger partial charge in [0, 0.05) is 6.20 Å². The predicted molar refractivity (Wildman–Crippen MR) is 47.9 cm³/mol. The van der Waals surface area contributed by atoms with Crippen LogP contribution in [0.5, 0.6) is 0 Å². The van der Waals surface area contributed by atoms with Crippen LogP contribution >= 0.6 is 0 Å². The van der Waals surface area contributed by atoms with Crippen molar-refractivity contribution in [2.75, 3.05) is 7.11 Å². The molecule has 0 saturated carbocycles. The molecule has 1 aromatic heterocycles. The van der Waals surface area contributed by atoms with Gasteiger partial charge in [-0.2, -0.15) is 5.26 Å². The van der Waals surface area contributed by atoms with Gasteiger partial charge in [-0.15, -0.1) is 0 Å². The van der Waals surface area contributed by atoms with Crippen LogP contribution in [0.2, 0.25) is 0 Å². The fourth-order valence-electron chi connectivity index (χ4n) is 1.08. The molecular formula is C9H8N2O3. The maximum atomic E-state index is 11.2. The van der Waals surface area contributed by atoms with Crippen molar-refractivity contribution in [3.8, 4) is 6.07 Å². The molecule has 0 fully saturated rings. The second-order valence-corrected chi connectivity index (χ2v) is 2.63. The molecule has 1 aromatic rings. The van der Waals surface area contributed by atoms with E-state index in [1.165, 1.54) is 20.2 Å². The Morgan fingerprint density at radius 1 is 1.64 bits per heavy atom. The third-order valence-electron chi connectivity index (χ3n) is 1.87. The number of aromatic amines is 1. The third kappa shape index (κ3) is 1.50. The van der Waals surface area contributed by atoms with E-state index in [4.69, 9.17) is 5.26 Å². The molecule has 0 atom stereocenters. The molecule has 72 valence electrons. The number of esters is 1. The summed E-state index contributed by atoms with van der Waals surface area (Å²) in [6, 6.07) is 1.73. The van der Waals surface area contributed by atoms with Crippen molar-refractivity contribution < 1.29 is 9.53 Å². The van der Waals surface area contributed by atoms with E-state index < -0.39 is 11.5 Å². The average molecular weight is 192 g/mol. The largest absolute Gasteiger partial charge is 0.465 e. The van der Waals surface area contributed by atoms with Gasteiger partial charge in [0.25, 0.3) is 5.56 Å². The molecule has 0 saturated heterocycles. The van der Waals surface area contributed by atoms with Gasteiger partial charge in [-0.25, -0.2) is 4.79 Å². The Morgan fingerprint density at radius 3 is 2.79 bits per heavy atom. The summed E-state index contributed by atoms with van der Waals surface area (Å²) in [7, 11) is 1.24. The van der Waals surface area contributed by atoms with Gasteiger partial charge >= 0.3 is 5.97 Å². The number of carbonyl (C=O) groups excluding carboxylic acids is 1.